The number of amides is 1. The number of carbonyl (C=O) groups is 2. The number of alkyl halides is 1. The van der Waals surface area contributed by atoms with Crippen molar-refractivity contribution in [2.24, 2.45) is 0 Å². The molecule has 108 valence electrons. The fourth-order valence-corrected chi connectivity index (χ4v) is 1.94. The second kappa shape index (κ2) is 6.47. The minimum absolute atomic E-state index is 0.0127. The van der Waals surface area contributed by atoms with Crippen LogP contribution in [-0.4, -0.2) is 31.7 Å². The van der Waals surface area contributed by atoms with Crippen LogP contribution >= 0.6 is 11.6 Å². The normalized spacial score (nSPS) is 13.7. The molecule has 6 nitrogen and oxygen atoms in total. The summed E-state index contributed by atoms with van der Waals surface area (Å²) in [6, 6.07) is 4.69. The molecule has 1 aromatic rings. The van der Waals surface area contributed by atoms with Gasteiger partial charge in [-0.15, -0.1) is 11.6 Å². The Morgan fingerprint density at radius 3 is 2.85 bits per heavy atom. The Morgan fingerprint density at radius 2 is 2.15 bits per heavy atom. The predicted molar refractivity (Wildman–Crippen MR) is 70.8 cm³/mol. The Bertz CT molecular complexity index is 501. The van der Waals surface area contributed by atoms with E-state index in [0.717, 1.165) is 5.56 Å². The summed E-state index contributed by atoms with van der Waals surface area (Å²) < 4.78 is 15.1. The molecule has 0 saturated carbocycles. The van der Waals surface area contributed by atoms with Gasteiger partial charge in [0.2, 0.25) is 12.7 Å². The first-order chi connectivity index (χ1) is 9.63. The quantitative estimate of drug-likeness (QED) is 0.657. The second-order valence-electron chi connectivity index (χ2n) is 4.15. The highest BCUT2D eigenvalue weighted by Crippen LogP contribution is 2.34. The van der Waals surface area contributed by atoms with Gasteiger partial charge in [0.25, 0.3) is 0 Å². The zero-order valence-corrected chi connectivity index (χ0v) is 11.6. The molecule has 1 aromatic carbocycles. The lowest BCUT2D eigenvalue weighted by Gasteiger charge is -2.18. The third-order valence-electron chi connectivity index (χ3n) is 2.85. The molecular weight excluding hydrogens is 286 g/mol. The molecule has 0 fully saturated rings. The molecule has 7 heteroatoms. The predicted octanol–water partition coefficient (Wildman–Crippen LogP) is 1.37. The van der Waals surface area contributed by atoms with Gasteiger partial charge in [0.05, 0.1) is 19.6 Å². The molecular formula is C13H14ClNO5. The molecule has 0 spiro atoms. The Kier molecular flexibility index (Phi) is 4.68. The first kappa shape index (κ1) is 14.5. The van der Waals surface area contributed by atoms with Crippen molar-refractivity contribution < 1.29 is 23.8 Å². The highest BCUT2D eigenvalue weighted by atomic mass is 35.5. The highest BCUT2D eigenvalue weighted by Gasteiger charge is 2.22. The Hall–Kier alpha value is -1.95. The van der Waals surface area contributed by atoms with Crippen LogP contribution in [0.15, 0.2) is 18.2 Å². The smallest absolute Gasteiger partial charge is 0.307 e. The van der Waals surface area contributed by atoms with Gasteiger partial charge in [-0.1, -0.05) is 6.07 Å². The summed E-state index contributed by atoms with van der Waals surface area (Å²) in [6.07, 6.45) is 0.0127. The molecule has 1 aliphatic rings. The molecule has 0 saturated heterocycles. The Morgan fingerprint density at radius 1 is 1.40 bits per heavy atom. The Balaban J connectivity index is 2.20. The molecule has 0 aliphatic carbocycles. The van der Waals surface area contributed by atoms with Gasteiger partial charge in [-0.25, -0.2) is 0 Å². The summed E-state index contributed by atoms with van der Waals surface area (Å²) in [6.45, 7) is 0.161. The fraction of sp³-hybridized carbons (Fsp3) is 0.385. The SMILES string of the molecule is COC(=O)CC(NC(=O)CCl)c1ccc2c(c1)OCO2. The lowest BCUT2D eigenvalue weighted by molar-refractivity contribution is -0.141. The first-order valence-electron chi connectivity index (χ1n) is 5.95. The standard InChI is InChI=1S/C13H14ClNO5/c1-18-13(17)5-9(15-12(16)6-14)8-2-3-10-11(4-8)20-7-19-10/h2-4,9H,5-7H2,1H3,(H,15,16). The summed E-state index contributed by atoms with van der Waals surface area (Å²) >= 11 is 5.47. The van der Waals surface area contributed by atoms with E-state index in [2.05, 4.69) is 10.1 Å². The minimum atomic E-state index is -0.525. The van der Waals surface area contributed by atoms with E-state index in [0.29, 0.717) is 11.5 Å². The van der Waals surface area contributed by atoms with Crippen LogP contribution in [0.5, 0.6) is 11.5 Å². The van der Waals surface area contributed by atoms with Crippen LogP contribution in [0.1, 0.15) is 18.0 Å². The number of rotatable bonds is 5. The first-order valence-corrected chi connectivity index (χ1v) is 6.49. The molecule has 1 amide bonds. The van der Waals surface area contributed by atoms with Crippen molar-refractivity contribution in [2.45, 2.75) is 12.5 Å². The van der Waals surface area contributed by atoms with Crippen LogP contribution in [0.4, 0.5) is 0 Å². The molecule has 2 rings (SSSR count). The number of benzene rings is 1. The van der Waals surface area contributed by atoms with Gasteiger partial charge in [-0.05, 0) is 17.7 Å². The summed E-state index contributed by atoms with van der Waals surface area (Å²) in [5.74, 6) is 0.245. The van der Waals surface area contributed by atoms with Crippen LogP contribution in [0, 0.1) is 0 Å². The van der Waals surface area contributed by atoms with Gasteiger partial charge < -0.3 is 19.5 Å². The van der Waals surface area contributed by atoms with Gasteiger partial charge in [-0.2, -0.15) is 0 Å². The molecule has 1 atom stereocenters. The van der Waals surface area contributed by atoms with Crippen molar-refractivity contribution in [1.82, 2.24) is 5.32 Å². The van der Waals surface area contributed by atoms with E-state index in [9.17, 15) is 9.59 Å². The van der Waals surface area contributed by atoms with E-state index < -0.39 is 12.0 Å². The van der Waals surface area contributed by atoms with Crippen LogP contribution in [0.2, 0.25) is 0 Å². The van der Waals surface area contributed by atoms with E-state index in [1.54, 1.807) is 18.2 Å². The topological polar surface area (TPSA) is 73.9 Å². The van der Waals surface area contributed by atoms with Crippen LogP contribution in [-0.2, 0) is 14.3 Å². The van der Waals surface area contributed by atoms with Crippen molar-refractivity contribution in [3.63, 3.8) is 0 Å². The third-order valence-corrected chi connectivity index (χ3v) is 3.10. The molecule has 1 aliphatic heterocycles. The number of nitrogens with one attached hydrogen (secondary N) is 1. The van der Waals surface area contributed by atoms with Crippen LogP contribution in [0.3, 0.4) is 0 Å². The number of ether oxygens (including phenoxy) is 3. The monoisotopic (exact) mass is 299 g/mol. The van der Waals surface area contributed by atoms with E-state index in [1.807, 2.05) is 0 Å². The summed E-state index contributed by atoms with van der Waals surface area (Å²) in [4.78, 5) is 22.9. The average Bonchev–Trinajstić information content (AvgIpc) is 2.93. The number of fused-ring (bicyclic) bond motifs is 1. The van der Waals surface area contributed by atoms with Gasteiger partial charge in [-0.3, -0.25) is 9.59 Å². The second-order valence-corrected chi connectivity index (χ2v) is 4.41. The highest BCUT2D eigenvalue weighted by molar-refractivity contribution is 6.27. The molecule has 0 aromatic heterocycles. The van der Waals surface area contributed by atoms with Crippen molar-refractivity contribution in [1.29, 1.82) is 0 Å². The summed E-state index contributed by atoms with van der Waals surface area (Å²) in [5, 5.41) is 2.67. The summed E-state index contributed by atoms with van der Waals surface area (Å²) in [5.41, 5.74) is 0.720. The minimum Gasteiger partial charge on any atom is -0.469 e. The van der Waals surface area contributed by atoms with Crippen molar-refractivity contribution in [3.8, 4) is 11.5 Å². The van der Waals surface area contributed by atoms with Gasteiger partial charge in [0, 0.05) is 0 Å². The zero-order valence-electron chi connectivity index (χ0n) is 10.8. The number of hydrogen-bond donors (Lipinski definition) is 1. The number of methoxy groups -OCH3 is 1. The molecule has 1 N–H and O–H groups in total. The summed E-state index contributed by atoms with van der Waals surface area (Å²) in [7, 11) is 1.29. The molecule has 0 bridgehead atoms. The number of halogens is 1. The van der Waals surface area contributed by atoms with E-state index in [-0.39, 0.29) is 25.0 Å². The molecule has 1 unspecified atom stereocenters. The zero-order chi connectivity index (χ0) is 14.5. The number of carbonyl (C=O) groups excluding carboxylic acids is 2. The van der Waals surface area contributed by atoms with E-state index in [4.69, 9.17) is 21.1 Å². The van der Waals surface area contributed by atoms with Crippen LogP contribution < -0.4 is 14.8 Å². The molecule has 1 heterocycles. The number of hydrogen-bond acceptors (Lipinski definition) is 5. The fourth-order valence-electron chi connectivity index (χ4n) is 1.86. The van der Waals surface area contributed by atoms with Gasteiger partial charge in [0.1, 0.15) is 5.88 Å². The van der Waals surface area contributed by atoms with E-state index >= 15 is 0 Å². The maximum absolute atomic E-state index is 11.4. The van der Waals surface area contributed by atoms with E-state index in [1.165, 1.54) is 7.11 Å². The number of esters is 1. The van der Waals surface area contributed by atoms with Gasteiger partial charge in [0.15, 0.2) is 11.5 Å². The lowest BCUT2D eigenvalue weighted by Crippen LogP contribution is -2.31. The van der Waals surface area contributed by atoms with Crippen molar-refractivity contribution in [2.75, 3.05) is 19.8 Å². The molecule has 20 heavy (non-hydrogen) atoms. The van der Waals surface area contributed by atoms with Crippen molar-refractivity contribution >= 4 is 23.5 Å². The largest absolute Gasteiger partial charge is 0.469 e. The maximum atomic E-state index is 11.4. The maximum Gasteiger partial charge on any atom is 0.307 e. The lowest BCUT2D eigenvalue weighted by atomic mass is 10.0. The van der Waals surface area contributed by atoms with Crippen LogP contribution in [0.25, 0.3) is 0 Å². The van der Waals surface area contributed by atoms with Gasteiger partial charge >= 0.3 is 5.97 Å². The molecule has 0 radical (unpaired) electrons. The third kappa shape index (κ3) is 3.33. The average molecular weight is 300 g/mol. The Labute approximate surface area is 120 Å². The van der Waals surface area contributed by atoms with Crippen molar-refractivity contribution in [3.05, 3.63) is 23.8 Å².